The summed E-state index contributed by atoms with van der Waals surface area (Å²) in [5.74, 6) is 0.482. The van der Waals surface area contributed by atoms with Crippen molar-refractivity contribution < 1.29 is 64.2 Å². The Morgan fingerprint density at radius 3 is 1.47 bits per heavy atom. The summed E-state index contributed by atoms with van der Waals surface area (Å²) in [5.41, 5.74) is -6.08. The summed E-state index contributed by atoms with van der Waals surface area (Å²) >= 11 is 0. The maximum absolute atomic E-state index is 13.6. The number of benzene rings is 2. The molecule has 0 aliphatic carbocycles. The average molecular weight is 531 g/mol. The number of hydrogen-bond acceptors (Lipinski definition) is 4. The molecule has 194 valence electrons. The van der Waals surface area contributed by atoms with Crippen molar-refractivity contribution in [2.75, 3.05) is 0 Å². The molecular formula is C24H27F6LiO4P+. The van der Waals surface area contributed by atoms with Gasteiger partial charge in [-0.2, -0.15) is 26.3 Å². The van der Waals surface area contributed by atoms with Gasteiger partial charge in [0, 0.05) is 17.7 Å². The van der Waals surface area contributed by atoms with E-state index in [2.05, 4.69) is 0 Å². The van der Waals surface area contributed by atoms with Crippen LogP contribution in [0.3, 0.4) is 0 Å². The second-order valence-electron chi connectivity index (χ2n) is 8.47. The van der Waals surface area contributed by atoms with Gasteiger partial charge >= 0.3 is 31.2 Å². The third kappa shape index (κ3) is 8.60. The van der Waals surface area contributed by atoms with Crippen LogP contribution < -0.4 is 38.4 Å². The van der Waals surface area contributed by atoms with E-state index < -0.39 is 55.4 Å². The fraction of sp³-hybridized carbons (Fsp3) is 0.458. The molecule has 0 heterocycles. The molecule has 2 aromatic rings. The summed E-state index contributed by atoms with van der Waals surface area (Å²) in [6.07, 6.45) is -11.4. The standard InChI is InChI=1S/C24H27F6O4P.Li/c1-12(2)32-15-10-18(33-13(3)4)21(19(11-15)34-14(5)6)35-22(31)20-16(23(25,26)27)8-7-9-17(20)24(28,29)30;/h7-14,35H,1-6H3;/q;+1. The minimum absolute atomic E-state index is 0. The number of alkyl halides is 6. The Bertz CT molecular complexity index is 989. The van der Waals surface area contributed by atoms with E-state index in [4.69, 9.17) is 14.2 Å². The largest absolute Gasteiger partial charge is 1.00 e. The summed E-state index contributed by atoms with van der Waals surface area (Å²) in [7, 11) is -1.15. The van der Waals surface area contributed by atoms with E-state index in [0.29, 0.717) is 23.9 Å². The van der Waals surface area contributed by atoms with Gasteiger partial charge in [0.25, 0.3) is 0 Å². The molecule has 1 unspecified atom stereocenters. The van der Waals surface area contributed by atoms with Gasteiger partial charge in [0.05, 0.1) is 34.7 Å². The molecule has 0 aliphatic rings. The summed E-state index contributed by atoms with van der Waals surface area (Å²) in [5, 5.41) is 0.0543. The zero-order valence-corrected chi connectivity index (χ0v) is 22.0. The molecule has 36 heavy (non-hydrogen) atoms. The van der Waals surface area contributed by atoms with Gasteiger partial charge in [-0.05, 0) is 62.3 Å². The van der Waals surface area contributed by atoms with Crippen molar-refractivity contribution in [1.82, 2.24) is 0 Å². The SMILES string of the molecule is CC(C)Oc1cc(OC(C)C)c(PC(=O)c2c(C(F)(F)F)cccc2C(F)(F)F)c(OC(C)C)c1.[Li+]. The zero-order valence-electron chi connectivity index (χ0n) is 21.0. The number of halogens is 6. The van der Waals surface area contributed by atoms with Gasteiger partial charge in [-0.15, -0.1) is 0 Å². The average Bonchev–Trinajstić information content (AvgIpc) is 2.67. The normalized spacial score (nSPS) is 12.4. The number of rotatable bonds is 9. The molecule has 0 aromatic heterocycles. The minimum atomic E-state index is -5.17. The van der Waals surface area contributed by atoms with Crippen LogP contribution in [0.5, 0.6) is 17.2 Å². The Hall–Kier alpha value is -1.88. The van der Waals surface area contributed by atoms with Crippen LogP contribution in [0, 0.1) is 0 Å². The molecule has 0 aliphatic heterocycles. The van der Waals surface area contributed by atoms with Gasteiger partial charge < -0.3 is 14.2 Å². The molecule has 2 aromatic carbocycles. The van der Waals surface area contributed by atoms with Gasteiger partial charge in [-0.3, -0.25) is 4.79 Å². The Morgan fingerprint density at radius 1 is 0.750 bits per heavy atom. The molecule has 0 N–H and O–H groups in total. The predicted molar refractivity (Wildman–Crippen MR) is 122 cm³/mol. The monoisotopic (exact) mass is 531 g/mol. The minimum Gasteiger partial charge on any atom is -0.491 e. The number of carbonyl (C=O) groups is 1. The first-order valence-electron chi connectivity index (χ1n) is 10.8. The molecule has 0 saturated carbocycles. The first kappa shape index (κ1) is 32.1. The van der Waals surface area contributed by atoms with E-state index in [1.165, 1.54) is 12.1 Å². The smallest absolute Gasteiger partial charge is 0.491 e. The number of ether oxygens (including phenoxy) is 3. The van der Waals surface area contributed by atoms with Crippen LogP contribution >= 0.6 is 8.58 Å². The molecule has 0 saturated heterocycles. The van der Waals surface area contributed by atoms with Crippen LogP contribution in [0.4, 0.5) is 26.3 Å². The van der Waals surface area contributed by atoms with Crippen LogP contribution in [0.2, 0.25) is 0 Å². The molecule has 2 rings (SSSR count). The van der Waals surface area contributed by atoms with Crippen LogP contribution in [0.25, 0.3) is 0 Å². The van der Waals surface area contributed by atoms with Crippen molar-refractivity contribution in [2.24, 2.45) is 0 Å². The van der Waals surface area contributed by atoms with Gasteiger partial charge in [0.2, 0.25) is 0 Å². The molecule has 0 radical (unpaired) electrons. The van der Waals surface area contributed by atoms with Crippen LogP contribution in [0.15, 0.2) is 30.3 Å². The van der Waals surface area contributed by atoms with Gasteiger partial charge in [-0.1, -0.05) is 6.07 Å². The molecule has 0 amide bonds. The first-order chi connectivity index (χ1) is 16.0. The molecule has 0 fully saturated rings. The second kappa shape index (κ2) is 12.6. The van der Waals surface area contributed by atoms with Crippen molar-refractivity contribution in [3.05, 3.63) is 47.0 Å². The predicted octanol–water partition coefficient (Wildman–Crippen LogP) is 4.23. The van der Waals surface area contributed by atoms with Crippen molar-refractivity contribution >= 4 is 19.4 Å². The quantitative estimate of drug-likeness (QED) is 0.276. The van der Waals surface area contributed by atoms with E-state index in [0.717, 1.165) is 0 Å². The molecule has 4 nitrogen and oxygen atoms in total. The van der Waals surface area contributed by atoms with Gasteiger partial charge in [-0.25, -0.2) is 0 Å². The maximum atomic E-state index is 13.6. The fourth-order valence-corrected chi connectivity index (χ4v) is 4.30. The van der Waals surface area contributed by atoms with Crippen molar-refractivity contribution in [3.8, 4) is 17.2 Å². The molecule has 12 heteroatoms. The van der Waals surface area contributed by atoms with Gasteiger partial charge in [0.15, 0.2) is 5.52 Å². The second-order valence-corrected chi connectivity index (χ2v) is 9.68. The number of hydrogen-bond donors (Lipinski definition) is 0. The Balaban J connectivity index is 0.00000648. The topological polar surface area (TPSA) is 44.8 Å². The van der Waals surface area contributed by atoms with E-state index in [1.807, 2.05) is 0 Å². The molecular weight excluding hydrogens is 504 g/mol. The van der Waals surface area contributed by atoms with Crippen molar-refractivity contribution in [3.63, 3.8) is 0 Å². The Morgan fingerprint density at radius 2 is 1.14 bits per heavy atom. The molecule has 0 spiro atoms. The third-order valence-corrected chi connectivity index (χ3v) is 5.50. The summed E-state index contributed by atoms with van der Waals surface area (Å²) in [4.78, 5) is 13.2. The maximum Gasteiger partial charge on any atom is 1.00 e. The fourth-order valence-electron chi connectivity index (χ4n) is 3.17. The van der Waals surface area contributed by atoms with E-state index in [1.54, 1.807) is 41.5 Å². The summed E-state index contributed by atoms with van der Waals surface area (Å²) < 4.78 is 98.9. The Kier molecular flexibility index (Phi) is 11.2. The van der Waals surface area contributed by atoms with E-state index >= 15 is 0 Å². The van der Waals surface area contributed by atoms with E-state index in [9.17, 15) is 31.1 Å². The van der Waals surface area contributed by atoms with Crippen LogP contribution in [-0.4, -0.2) is 23.8 Å². The van der Waals surface area contributed by atoms with Gasteiger partial charge in [0.1, 0.15) is 17.2 Å². The van der Waals surface area contributed by atoms with E-state index in [-0.39, 0.29) is 41.8 Å². The zero-order chi connectivity index (χ0) is 26.7. The first-order valence-corrected chi connectivity index (χ1v) is 11.8. The van der Waals surface area contributed by atoms with Crippen LogP contribution in [0.1, 0.15) is 63.0 Å². The number of carbonyl (C=O) groups excluding carboxylic acids is 1. The van der Waals surface area contributed by atoms with Crippen molar-refractivity contribution in [2.45, 2.75) is 72.2 Å². The summed E-state index contributed by atoms with van der Waals surface area (Å²) in [6.45, 7) is 10.3. The third-order valence-electron chi connectivity index (χ3n) is 4.28. The van der Waals surface area contributed by atoms with Crippen LogP contribution in [-0.2, 0) is 12.4 Å². The Labute approximate surface area is 220 Å². The summed E-state index contributed by atoms with van der Waals surface area (Å²) in [6, 6.07) is 4.45. The van der Waals surface area contributed by atoms with Crippen molar-refractivity contribution in [1.29, 1.82) is 0 Å². The molecule has 0 bridgehead atoms. The molecule has 1 atom stereocenters.